The molecule has 33 heavy (non-hydrogen) atoms. The highest BCUT2D eigenvalue weighted by Crippen LogP contribution is 2.33. The predicted molar refractivity (Wildman–Crippen MR) is 134 cm³/mol. The average molecular weight is 502 g/mol. The number of thiazole rings is 2. The number of aromatic nitrogens is 2. The summed E-state index contributed by atoms with van der Waals surface area (Å²) in [6, 6.07) is 19.3. The van der Waals surface area contributed by atoms with Crippen LogP contribution in [0, 0.1) is 20.2 Å². The lowest BCUT2D eigenvalue weighted by atomic mass is 10.3. The number of halogens is 1. The van der Waals surface area contributed by atoms with Gasteiger partial charge in [0.15, 0.2) is 20.6 Å². The van der Waals surface area contributed by atoms with Crippen molar-refractivity contribution >= 4 is 76.9 Å². The molecule has 0 aliphatic heterocycles. The van der Waals surface area contributed by atoms with Gasteiger partial charge < -0.3 is 5.32 Å². The van der Waals surface area contributed by atoms with Crippen molar-refractivity contribution < 1.29 is 9.85 Å². The number of para-hydroxylation sites is 3. The molecule has 0 bridgehead atoms. The second kappa shape index (κ2) is 10.3. The van der Waals surface area contributed by atoms with E-state index in [0.29, 0.717) is 20.6 Å². The maximum Gasteiger partial charge on any atom is 0.296 e. The summed E-state index contributed by atoms with van der Waals surface area (Å²) < 4.78 is 1.86. The first kappa shape index (κ1) is 24.0. The number of hydrogen-bond donors (Lipinski definition) is 1. The summed E-state index contributed by atoms with van der Waals surface area (Å²) in [5.74, 6) is 0. The van der Waals surface area contributed by atoms with E-state index in [1.807, 2.05) is 36.4 Å². The Bertz CT molecular complexity index is 1440. The maximum absolute atomic E-state index is 10.9. The van der Waals surface area contributed by atoms with Gasteiger partial charge in [0.25, 0.3) is 11.4 Å². The van der Waals surface area contributed by atoms with Gasteiger partial charge in [0, 0.05) is 17.8 Å². The first-order valence-electron chi connectivity index (χ1n) is 8.98. The monoisotopic (exact) mass is 501 g/mol. The van der Waals surface area contributed by atoms with Crippen molar-refractivity contribution in [1.29, 1.82) is 0 Å². The van der Waals surface area contributed by atoms with Crippen LogP contribution in [-0.2, 0) is 0 Å². The molecule has 5 aromatic rings. The SMILES string of the molecule is C.O=[N+]([O-])c1cccc2sc(Cl)nc12.O=[N+]([O-])c1cccc2sc(Nc3ccccc3)nc12. The molecule has 0 unspecified atom stereocenters. The molecule has 0 atom stereocenters. The Morgan fingerprint density at radius 3 is 1.88 bits per heavy atom. The first-order valence-corrected chi connectivity index (χ1v) is 11.0. The van der Waals surface area contributed by atoms with Crippen LogP contribution in [0.15, 0.2) is 66.7 Å². The molecule has 0 amide bonds. The fourth-order valence-corrected chi connectivity index (χ4v) is 4.79. The highest BCUT2D eigenvalue weighted by Gasteiger charge is 2.16. The third-order valence-corrected chi connectivity index (χ3v) is 6.25. The summed E-state index contributed by atoms with van der Waals surface area (Å²) in [6.45, 7) is 0. The summed E-state index contributed by atoms with van der Waals surface area (Å²) in [6.07, 6.45) is 0. The van der Waals surface area contributed by atoms with Gasteiger partial charge in [0.05, 0.1) is 19.2 Å². The molecule has 0 aliphatic carbocycles. The first-order chi connectivity index (χ1) is 15.4. The molecular weight excluding hydrogens is 486 g/mol. The van der Waals surface area contributed by atoms with E-state index in [-0.39, 0.29) is 18.8 Å². The van der Waals surface area contributed by atoms with E-state index in [4.69, 9.17) is 11.6 Å². The number of rotatable bonds is 4. The Labute approximate surface area is 200 Å². The van der Waals surface area contributed by atoms with Crippen molar-refractivity contribution in [2.45, 2.75) is 7.43 Å². The molecule has 9 nitrogen and oxygen atoms in total. The van der Waals surface area contributed by atoms with Crippen molar-refractivity contribution in [3.63, 3.8) is 0 Å². The fourth-order valence-electron chi connectivity index (χ4n) is 2.83. The fraction of sp³-hybridized carbons (Fsp3) is 0.0476. The van der Waals surface area contributed by atoms with Gasteiger partial charge in [-0.05, 0) is 24.3 Å². The number of fused-ring (bicyclic) bond motifs is 2. The highest BCUT2D eigenvalue weighted by molar-refractivity contribution is 7.22. The molecule has 0 fully saturated rings. The van der Waals surface area contributed by atoms with Crippen LogP contribution in [0.1, 0.15) is 7.43 Å². The lowest BCUT2D eigenvalue weighted by molar-refractivity contribution is -0.383. The smallest absolute Gasteiger partial charge is 0.296 e. The average Bonchev–Trinajstić information content (AvgIpc) is 3.35. The molecule has 0 saturated heterocycles. The Morgan fingerprint density at radius 2 is 1.30 bits per heavy atom. The van der Waals surface area contributed by atoms with E-state index < -0.39 is 9.85 Å². The molecule has 1 N–H and O–H groups in total. The second-order valence-electron chi connectivity index (χ2n) is 6.24. The van der Waals surface area contributed by atoms with Gasteiger partial charge in [-0.15, -0.1) is 11.3 Å². The van der Waals surface area contributed by atoms with E-state index in [1.54, 1.807) is 18.2 Å². The maximum atomic E-state index is 10.9. The molecule has 5 rings (SSSR count). The van der Waals surface area contributed by atoms with Gasteiger partial charge in [-0.3, -0.25) is 20.2 Å². The highest BCUT2D eigenvalue weighted by atomic mass is 35.5. The Hall–Kier alpha value is -3.67. The van der Waals surface area contributed by atoms with Crippen molar-refractivity contribution in [3.05, 3.63) is 91.4 Å². The summed E-state index contributed by atoms with van der Waals surface area (Å²) >= 11 is 8.28. The number of anilines is 2. The van der Waals surface area contributed by atoms with Crippen LogP contribution in [0.2, 0.25) is 4.47 Å². The van der Waals surface area contributed by atoms with Crippen LogP contribution in [0.3, 0.4) is 0 Å². The minimum atomic E-state index is -0.460. The zero-order chi connectivity index (χ0) is 22.7. The van der Waals surface area contributed by atoms with Gasteiger partial charge in [-0.1, -0.05) is 60.7 Å². The van der Waals surface area contributed by atoms with Gasteiger partial charge in [0.1, 0.15) is 0 Å². The van der Waals surface area contributed by atoms with Crippen LogP contribution in [0.5, 0.6) is 0 Å². The largest absolute Gasteiger partial charge is 0.332 e. The molecule has 0 aliphatic rings. The molecule has 0 saturated carbocycles. The molecule has 0 radical (unpaired) electrons. The zero-order valence-electron chi connectivity index (χ0n) is 16.0. The number of benzene rings is 3. The third-order valence-electron chi connectivity index (χ3n) is 4.19. The van der Waals surface area contributed by atoms with E-state index >= 15 is 0 Å². The molecule has 12 heteroatoms. The summed E-state index contributed by atoms with van der Waals surface area (Å²) in [5, 5.41) is 25.3. The van der Waals surface area contributed by atoms with E-state index in [1.165, 1.54) is 34.8 Å². The van der Waals surface area contributed by atoms with Gasteiger partial charge in [0.2, 0.25) is 0 Å². The molecule has 2 heterocycles. The van der Waals surface area contributed by atoms with Crippen LogP contribution in [0.25, 0.3) is 20.4 Å². The number of nitrogens with zero attached hydrogens (tertiary/aromatic N) is 4. The molecule has 3 aromatic carbocycles. The normalized spacial score (nSPS) is 10.2. The van der Waals surface area contributed by atoms with E-state index in [0.717, 1.165) is 15.1 Å². The zero-order valence-corrected chi connectivity index (χ0v) is 18.4. The second-order valence-corrected chi connectivity index (χ2v) is 8.88. The quantitative estimate of drug-likeness (QED) is 0.200. The minimum Gasteiger partial charge on any atom is -0.332 e. The number of nitro benzene ring substituents is 2. The van der Waals surface area contributed by atoms with E-state index in [2.05, 4.69) is 15.3 Å². The van der Waals surface area contributed by atoms with Gasteiger partial charge in [-0.25, -0.2) is 9.97 Å². The van der Waals surface area contributed by atoms with E-state index in [9.17, 15) is 20.2 Å². The van der Waals surface area contributed by atoms with Crippen LogP contribution < -0.4 is 5.32 Å². The number of non-ortho nitro benzene ring substituents is 2. The van der Waals surface area contributed by atoms with Crippen molar-refractivity contribution in [2.75, 3.05) is 5.32 Å². The Balaban J connectivity index is 0.000000192. The minimum absolute atomic E-state index is 0. The van der Waals surface area contributed by atoms with Crippen molar-refractivity contribution in [1.82, 2.24) is 9.97 Å². The lowest BCUT2D eigenvalue weighted by Gasteiger charge is -1.99. The number of hydrogen-bond acceptors (Lipinski definition) is 9. The molecular formula is C21H16ClN5O4S2. The standard InChI is InChI=1S/C13H9N3O2S.C7H3ClN2O2S.CH4/c17-16(18)10-7-4-8-11-12(10)15-13(19-11)14-9-5-2-1-3-6-9;8-7-9-6-4(10(11)12)2-1-3-5(6)13-7;/h1-8H,(H,14,15);1-3H;1H4. The molecule has 0 spiro atoms. The van der Waals surface area contributed by atoms with Gasteiger partial charge >= 0.3 is 0 Å². The Morgan fingerprint density at radius 1 is 0.758 bits per heavy atom. The topological polar surface area (TPSA) is 124 Å². The van der Waals surface area contributed by atoms with Crippen LogP contribution >= 0.6 is 34.3 Å². The lowest BCUT2D eigenvalue weighted by Crippen LogP contribution is -1.90. The third kappa shape index (κ3) is 5.40. The number of nitro groups is 2. The summed E-state index contributed by atoms with van der Waals surface area (Å²) in [7, 11) is 0. The van der Waals surface area contributed by atoms with Gasteiger partial charge in [-0.2, -0.15) is 0 Å². The van der Waals surface area contributed by atoms with Crippen LogP contribution in [-0.4, -0.2) is 19.8 Å². The molecule has 2 aromatic heterocycles. The number of nitrogens with one attached hydrogen (secondary N) is 1. The van der Waals surface area contributed by atoms with Crippen molar-refractivity contribution in [3.8, 4) is 0 Å². The summed E-state index contributed by atoms with van der Waals surface area (Å²) in [5.41, 5.74) is 1.73. The van der Waals surface area contributed by atoms with Crippen molar-refractivity contribution in [2.24, 2.45) is 0 Å². The van der Waals surface area contributed by atoms with Crippen LogP contribution in [0.4, 0.5) is 22.2 Å². The Kier molecular flexibility index (Phi) is 7.48. The summed E-state index contributed by atoms with van der Waals surface area (Å²) in [4.78, 5) is 28.8. The molecule has 168 valence electrons. The predicted octanol–water partition coefficient (Wildman–Crippen LogP) is 7.44.